The van der Waals surface area contributed by atoms with Crippen molar-refractivity contribution in [3.63, 3.8) is 0 Å². The van der Waals surface area contributed by atoms with E-state index in [0.717, 1.165) is 32.1 Å². The largest absolute Gasteiger partial charge is 0.394 e. The molecule has 0 aliphatic heterocycles. The van der Waals surface area contributed by atoms with Crippen LogP contribution in [0.5, 0.6) is 0 Å². The van der Waals surface area contributed by atoms with Crippen molar-refractivity contribution < 1.29 is 20.1 Å². The molecule has 5 heteroatoms. The van der Waals surface area contributed by atoms with Crippen LogP contribution in [0.25, 0.3) is 0 Å². The third-order valence-corrected chi connectivity index (χ3v) is 9.73. The molecule has 3 unspecified atom stereocenters. The lowest BCUT2D eigenvalue weighted by atomic mass is 10.0. The van der Waals surface area contributed by atoms with Crippen molar-refractivity contribution in [2.24, 2.45) is 0 Å². The number of carbonyl (C=O) groups is 1. The van der Waals surface area contributed by atoms with Gasteiger partial charge in [0.2, 0.25) is 5.91 Å². The Morgan fingerprint density at radius 3 is 1.00 bits per heavy atom. The normalized spacial score (nSPS) is 13.6. The van der Waals surface area contributed by atoms with Crippen LogP contribution >= 0.6 is 0 Å². The van der Waals surface area contributed by atoms with Gasteiger partial charge in [-0.25, -0.2) is 0 Å². The van der Waals surface area contributed by atoms with Gasteiger partial charge in [0.15, 0.2) is 0 Å². The third kappa shape index (κ3) is 31.7. The number of unbranched alkanes of at least 4 members (excludes halogenated alkanes) is 29. The lowest BCUT2D eigenvalue weighted by Gasteiger charge is -2.23. The number of carbonyl (C=O) groups excluding carboxylic acids is 1. The van der Waals surface area contributed by atoms with Gasteiger partial charge in [0.05, 0.1) is 18.8 Å². The summed E-state index contributed by atoms with van der Waals surface area (Å²) in [6.07, 6.45) is 39.6. The molecule has 1 amide bonds. The van der Waals surface area contributed by atoms with Gasteiger partial charge in [0, 0.05) is 0 Å². The van der Waals surface area contributed by atoms with Crippen LogP contribution in [0, 0.1) is 0 Å². The van der Waals surface area contributed by atoms with Crippen molar-refractivity contribution in [3.05, 3.63) is 0 Å². The number of aliphatic hydroxyl groups is 3. The zero-order valence-electron chi connectivity index (χ0n) is 30.5. The molecule has 0 heterocycles. The Morgan fingerprint density at radius 2 is 0.711 bits per heavy atom. The molecule has 0 aromatic rings. The molecule has 0 aliphatic carbocycles. The summed E-state index contributed by atoms with van der Waals surface area (Å²) in [6.45, 7) is 4.21. The predicted molar refractivity (Wildman–Crippen MR) is 195 cm³/mol. The summed E-state index contributed by atoms with van der Waals surface area (Å²) in [5, 5.41) is 33.1. The molecule has 0 bridgehead atoms. The first kappa shape index (κ1) is 44.4. The highest BCUT2D eigenvalue weighted by Gasteiger charge is 2.23. The number of amides is 1. The molecule has 0 saturated heterocycles. The van der Waals surface area contributed by atoms with Crippen LogP contribution in [0.2, 0.25) is 0 Å². The maximum atomic E-state index is 12.4. The van der Waals surface area contributed by atoms with Gasteiger partial charge in [-0.2, -0.15) is 0 Å². The number of hydrogen-bond acceptors (Lipinski definition) is 4. The zero-order chi connectivity index (χ0) is 33.1. The van der Waals surface area contributed by atoms with Crippen molar-refractivity contribution in [3.8, 4) is 0 Å². The van der Waals surface area contributed by atoms with Crippen molar-refractivity contribution in [2.45, 2.75) is 244 Å². The summed E-state index contributed by atoms with van der Waals surface area (Å²) in [5.41, 5.74) is 0. The second kappa shape index (κ2) is 36.2. The van der Waals surface area contributed by atoms with E-state index in [1.54, 1.807) is 0 Å². The second-order valence-electron chi connectivity index (χ2n) is 14.2. The summed E-state index contributed by atoms with van der Waals surface area (Å²) in [4.78, 5) is 12.4. The maximum Gasteiger partial charge on any atom is 0.249 e. The van der Waals surface area contributed by atoms with Crippen LogP contribution in [-0.4, -0.2) is 46.1 Å². The summed E-state index contributed by atoms with van der Waals surface area (Å²) in [6, 6.07) is -0.703. The summed E-state index contributed by atoms with van der Waals surface area (Å²) in [5.74, 6) is -0.469. The second-order valence-corrected chi connectivity index (χ2v) is 14.2. The highest BCUT2D eigenvalue weighted by Crippen LogP contribution is 2.16. The van der Waals surface area contributed by atoms with E-state index in [0.29, 0.717) is 12.8 Å². The van der Waals surface area contributed by atoms with E-state index in [2.05, 4.69) is 19.2 Å². The lowest BCUT2D eigenvalue weighted by Crippen LogP contribution is -2.49. The van der Waals surface area contributed by atoms with Crippen molar-refractivity contribution in [1.82, 2.24) is 5.32 Å². The highest BCUT2D eigenvalue weighted by atomic mass is 16.3. The van der Waals surface area contributed by atoms with Crippen LogP contribution in [0.3, 0.4) is 0 Å². The van der Waals surface area contributed by atoms with Crippen molar-refractivity contribution in [1.29, 1.82) is 0 Å². The zero-order valence-corrected chi connectivity index (χ0v) is 30.5. The van der Waals surface area contributed by atoms with Gasteiger partial charge in [-0.1, -0.05) is 213 Å². The Kier molecular flexibility index (Phi) is 35.7. The Morgan fingerprint density at radius 1 is 0.444 bits per heavy atom. The van der Waals surface area contributed by atoms with Gasteiger partial charge in [0.1, 0.15) is 6.10 Å². The molecule has 0 radical (unpaired) electrons. The molecule has 45 heavy (non-hydrogen) atoms. The molecular formula is C40H81NO4. The quantitative estimate of drug-likeness (QED) is 0.0509. The SMILES string of the molecule is CCCCCCCCCCCCCCCCCCCCCCCCC(O)C(=O)NC(CO)C(O)CCCCCCCCCCC. The van der Waals surface area contributed by atoms with Gasteiger partial charge < -0.3 is 20.6 Å². The molecule has 0 aromatic carbocycles. The first-order chi connectivity index (χ1) is 22.1. The van der Waals surface area contributed by atoms with E-state index in [-0.39, 0.29) is 6.61 Å². The van der Waals surface area contributed by atoms with Crippen molar-refractivity contribution >= 4 is 5.91 Å². The summed E-state index contributed by atoms with van der Waals surface area (Å²) in [7, 11) is 0. The van der Waals surface area contributed by atoms with E-state index in [1.165, 1.54) is 167 Å². The molecule has 0 aliphatic rings. The predicted octanol–water partition coefficient (Wildman–Crippen LogP) is 11.1. The minimum Gasteiger partial charge on any atom is -0.394 e. The van der Waals surface area contributed by atoms with E-state index in [1.807, 2.05) is 0 Å². The Labute approximate surface area is 281 Å². The number of aliphatic hydroxyl groups excluding tert-OH is 3. The minimum absolute atomic E-state index is 0.309. The average Bonchev–Trinajstić information content (AvgIpc) is 3.04. The van der Waals surface area contributed by atoms with E-state index >= 15 is 0 Å². The number of hydrogen-bond donors (Lipinski definition) is 4. The summed E-state index contributed by atoms with van der Waals surface area (Å²) < 4.78 is 0. The minimum atomic E-state index is -1.07. The molecule has 0 spiro atoms. The van der Waals surface area contributed by atoms with Gasteiger partial charge >= 0.3 is 0 Å². The molecule has 4 N–H and O–H groups in total. The molecule has 0 fully saturated rings. The van der Waals surface area contributed by atoms with Gasteiger partial charge in [-0.15, -0.1) is 0 Å². The highest BCUT2D eigenvalue weighted by molar-refractivity contribution is 5.80. The van der Waals surface area contributed by atoms with Crippen LogP contribution in [0.15, 0.2) is 0 Å². The first-order valence-corrected chi connectivity index (χ1v) is 20.3. The fourth-order valence-corrected chi connectivity index (χ4v) is 6.49. The Hall–Kier alpha value is -0.650. The average molecular weight is 640 g/mol. The van der Waals surface area contributed by atoms with E-state index < -0.39 is 24.2 Å². The van der Waals surface area contributed by atoms with E-state index in [4.69, 9.17) is 0 Å². The molecule has 0 saturated carbocycles. The van der Waals surface area contributed by atoms with Gasteiger partial charge in [-0.3, -0.25) is 4.79 Å². The van der Waals surface area contributed by atoms with Crippen LogP contribution in [0.1, 0.15) is 226 Å². The molecule has 3 atom stereocenters. The van der Waals surface area contributed by atoms with Gasteiger partial charge in [0.25, 0.3) is 0 Å². The van der Waals surface area contributed by atoms with Gasteiger partial charge in [-0.05, 0) is 12.8 Å². The van der Waals surface area contributed by atoms with Crippen molar-refractivity contribution in [2.75, 3.05) is 6.61 Å². The molecule has 5 nitrogen and oxygen atoms in total. The fourth-order valence-electron chi connectivity index (χ4n) is 6.49. The monoisotopic (exact) mass is 640 g/mol. The molecule has 270 valence electrons. The van der Waals surface area contributed by atoms with Crippen LogP contribution in [0.4, 0.5) is 0 Å². The molecule has 0 aromatic heterocycles. The number of nitrogens with one attached hydrogen (secondary N) is 1. The summed E-state index contributed by atoms with van der Waals surface area (Å²) >= 11 is 0. The number of rotatable bonds is 37. The fraction of sp³-hybridized carbons (Fsp3) is 0.975. The van der Waals surface area contributed by atoms with Crippen LogP contribution < -0.4 is 5.32 Å². The Bertz CT molecular complexity index is 587. The van der Waals surface area contributed by atoms with E-state index in [9.17, 15) is 20.1 Å². The Balaban J connectivity index is 3.53. The lowest BCUT2D eigenvalue weighted by molar-refractivity contribution is -0.131. The molecule has 0 rings (SSSR count). The first-order valence-electron chi connectivity index (χ1n) is 20.3. The topological polar surface area (TPSA) is 89.8 Å². The molecular weight excluding hydrogens is 558 g/mol. The van der Waals surface area contributed by atoms with Crippen LogP contribution in [-0.2, 0) is 4.79 Å². The smallest absolute Gasteiger partial charge is 0.249 e. The maximum absolute atomic E-state index is 12.4. The standard InChI is InChI=1S/C40H81NO4/c1-3-5-7-9-11-13-14-15-16-17-18-19-20-21-22-23-24-25-27-29-31-33-35-39(44)40(45)41-37(36-42)38(43)34-32-30-28-26-12-10-8-6-4-2/h37-39,42-44H,3-36H2,1-2H3,(H,41,45). The third-order valence-electron chi connectivity index (χ3n) is 9.73.